The molecule has 2 amide bonds. The number of fused-ring (bicyclic) bond motifs is 12. The molecule has 0 fully saturated rings. The molecule has 8 nitrogen and oxygen atoms in total. The second kappa shape index (κ2) is 22.5. The maximum Gasteiger partial charge on any atom is 0.388 e. The summed E-state index contributed by atoms with van der Waals surface area (Å²) in [5.74, 6) is 1.09. The Bertz CT molecular complexity index is 3260. The Labute approximate surface area is 398 Å². The van der Waals surface area contributed by atoms with Gasteiger partial charge in [-0.3, -0.25) is 9.59 Å². The number of furan rings is 3. The molecule has 336 valence electrons. The molecule has 0 saturated heterocycles. The van der Waals surface area contributed by atoms with E-state index in [1.807, 2.05) is 146 Å². The number of aliphatic imine (C=N–C) groups is 1. The molecule has 0 radical (unpaired) electrons. The van der Waals surface area contributed by atoms with E-state index in [0.29, 0.717) is 17.2 Å². The predicted octanol–water partition coefficient (Wildman–Crippen LogP) is 16.7. The van der Waals surface area contributed by atoms with Crippen molar-refractivity contribution in [3.05, 3.63) is 186 Å². The number of para-hydroxylation sites is 7. The smallest absolute Gasteiger partial charge is 0.388 e. The van der Waals surface area contributed by atoms with E-state index in [-0.39, 0.29) is 11.8 Å². The van der Waals surface area contributed by atoms with E-state index in [2.05, 4.69) is 78.2 Å². The summed E-state index contributed by atoms with van der Waals surface area (Å²) in [6.45, 7) is 11.4. The summed E-state index contributed by atoms with van der Waals surface area (Å²) >= 11 is 3.51. The average Bonchev–Trinajstić information content (AvgIpc) is 4.12. The first-order valence-electron chi connectivity index (χ1n) is 22.4. The third-order valence-electron chi connectivity index (χ3n) is 10.0. The minimum atomic E-state index is -0.237. The van der Waals surface area contributed by atoms with E-state index in [1.54, 1.807) is 6.08 Å². The van der Waals surface area contributed by atoms with E-state index in [0.717, 1.165) is 65.6 Å². The zero-order valence-corrected chi connectivity index (χ0v) is 40.0. The highest BCUT2D eigenvalue weighted by atomic mass is 79.9. The molecule has 0 unspecified atom stereocenters. The fourth-order valence-corrected chi connectivity index (χ4v) is 7.94. The second-order valence-corrected chi connectivity index (χ2v) is 16.4. The fourth-order valence-electron chi connectivity index (χ4n) is 7.42. The van der Waals surface area contributed by atoms with Crippen molar-refractivity contribution in [1.82, 2.24) is 0 Å². The van der Waals surface area contributed by atoms with Gasteiger partial charge in [-0.1, -0.05) is 156 Å². The topological polar surface area (TPSA) is 109 Å². The number of hydrogen-bond donors (Lipinski definition) is 1. The highest BCUT2D eigenvalue weighted by Gasteiger charge is 2.40. The SMILES string of the molecule is CC(=O)N=C1C=CC(Br)=C2C1=[O+]c1ccccc12.CC(=O)Nc1cccc2c1oc1ccccc12.CCC.CCC.c1ccc2c(c1)oc1ccccc12.c1ccc2c(c1)oc1ccccc12. The van der Waals surface area contributed by atoms with Gasteiger partial charge in [-0.05, 0) is 70.5 Å². The predicted molar refractivity (Wildman–Crippen MR) is 281 cm³/mol. The molecule has 0 saturated carbocycles. The van der Waals surface area contributed by atoms with Crippen molar-refractivity contribution >= 4 is 116 Å². The van der Waals surface area contributed by atoms with E-state index < -0.39 is 0 Å². The van der Waals surface area contributed by atoms with Gasteiger partial charge in [-0.15, -0.1) is 0 Å². The summed E-state index contributed by atoms with van der Waals surface area (Å²) in [6, 6.07) is 53.8. The number of halogens is 1. The van der Waals surface area contributed by atoms with Crippen LogP contribution < -0.4 is 5.32 Å². The van der Waals surface area contributed by atoms with Gasteiger partial charge in [0.25, 0.3) is 0 Å². The van der Waals surface area contributed by atoms with Crippen LogP contribution in [0.3, 0.4) is 0 Å². The normalized spacial score (nSPS) is 12.6. The molecule has 7 aromatic carbocycles. The van der Waals surface area contributed by atoms with Gasteiger partial charge in [-0.25, -0.2) is 9.42 Å². The van der Waals surface area contributed by atoms with Crippen LogP contribution in [0.5, 0.6) is 5.75 Å². The number of rotatable bonds is 1. The van der Waals surface area contributed by atoms with Crippen LogP contribution in [0.1, 0.15) is 59.9 Å². The maximum atomic E-state index is 11.1. The van der Waals surface area contributed by atoms with Crippen LogP contribution in [0, 0.1) is 0 Å². The van der Waals surface area contributed by atoms with Crippen molar-refractivity contribution < 1.29 is 27.3 Å². The van der Waals surface area contributed by atoms with Gasteiger partial charge in [0.15, 0.2) is 11.3 Å². The van der Waals surface area contributed by atoms with Gasteiger partial charge in [0.05, 0.1) is 11.3 Å². The largest absolute Gasteiger partial charge is 0.456 e. The Balaban J connectivity index is 0.000000128. The van der Waals surface area contributed by atoms with Crippen LogP contribution in [0.4, 0.5) is 5.69 Å². The minimum Gasteiger partial charge on any atom is -0.456 e. The van der Waals surface area contributed by atoms with Crippen molar-refractivity contribution in [2.75, 3.05) is 5.32 Å². The monoisotopic (exact) mass is 951 g/mol. The third-order valence-corrected chi connectivity index (χ3v) is 10.7. The van der Waals surface area contributed by atoms with Gasteiger partial charge >= 0.3 is 11.5 Å². The summed E-state index contributed by atoms with van der Waals surface area (Å²) < 4.78 is 23.8. The zero-order chi connectivity index (χ0) is 47.3. The molecule has 0 bridgehead atoms. The third kappa shape index (κ3) is 11.1. The summed E-state index contributed by atoms with van der Waals surface area (Å²) in [7, 11) is 0. The van der Waals surface area contributed by atoms with Crippen LogP contribution in [-0.4, -0.2) is 23.3 Å². The van der Waals surface area contributed by atoms with Crippen molar-refractivity contribution in [3.63, 3.8) is 0 Å². The molecular formula is C58H52BrN2O6+. The molecule has 67 heavy (non-hydrogen) atoms. The van der Waals surface area contributed by atoms with Crippen molar-refractivity contribution in [2.45, 2.75) is 54.4 Å². The first-order valence-corrected chi connectivity index (χ1v) is 23.2. The number of benzene rings is 7. The van der Waals surface area contributed by atoms with Gasteiger partial charge < -0.3 is 18.6 Å². The number of allylic oxidation sites excluding steroid dienone is 4. The number of hydrogen-bond acceptors (Lipinski definition) is 5. The van der Waals surface area contributed by atoms with Gasteiger partial charge in [-0.2, -0.15) is 0 Å². The number of ketones is 1. The maximum absolute atomic E-state index is 11.1. The summed E-state index contributed by atoms with van der Waals surface area (Å²) in [4.78, 5) is 26.2. The van der Waals surface area contributed by atoms with Crippen LogP contribution in [0.25, 0.3) is 71.4 Å². The molecule has 1 aliphatic carbocycles. The molecule has 10 aromatic rings. The van der Waals surface area contributed by atoms with E-state index in [1.165, 1.54) is 48.2 Å². The molecule has 0 atom stereocenters. The number of nitrogens with one attached hydrogen (secondary N) is 1. The zero-order valence-electron chi connectivity index (χ0n) is 38.4. The highest BCUT2D eigenvalue weighted by molar-refractivity contribution is 9.12. The molecular weight excluding hydrogens is 901 g/mol. The highest BCUT2D eigenvalue weighted by Crippen LogP contribution is 2.40. The number of carbonyl (C=O) groups is 2. The van der Waals surface area contributed by atoms with E-state index in [4.69, 9.17) is 17.7 Å². The quantitative estimate of drug-likeness (QED) is 0.130. The molecule has 9 heteroatoms. The molecule has 1 aliphatic heterocycles. The molecule has 0 spiro atoms. The van der Waals surface area contributed by atoms with Gasteiger partial charge in [0.1, 0.15) is 33.5 Å². The number of amides is 2. The Kier molecular flexibility index (Phi) is 15.9. The average molecular weight is 953 g/mol. The summed E-state index contributed by atoms with van der Waals surface area (Å²) in [6.07, 6.45) is 6.16. The first-order chi connectivity index (χ1) is 32.6. The molecule has 1 N–H and O–H groups in total. The van der Waals surface area contributed by atoms with Crippen molar-refractivity contribution in [2.24, 2.45) is 4.99 Å². The molecule has 4 heterocycles. The summed E-state index contributed by atoms with van der Waals surface area (Å²) in [5, 5.41) is 9.63. The molecule has 12 rings (SSSR count). The lowest BCUT2D eigenvalue weighted by atomic mass is 9.96. The Morgan fingerprint density at radius 3 is 1.39 bits per heavy atom. The van der Waals surface area contributed by atoms with Crippen LogP contribution in [0.2, 0.25) is 0 Å². The van der Waals surface area contributed by atoms with Crippen LogP contribution in [0.15, 0.2) is 199 Å². The fraction of sp³-hybridized carbons (Fsp3) is 0.138. The van der Waals surface area contributed by atoms with Gasteiger partial charge in [0.2, 0.25) is 11.8 Å². The molecule has 2 aliphatic rings. The Morgan fingerprint density at radius 2 is 0.925 bits per heavy atom. The number of anilines is 1. The minimum absolute atomic E-state index is 0.0991. The lowest BCUT2D eigenvalue weighted by molar-refractivity contribution is -0.359. The van der Waals surface area contributed by atoms with E-state index >= 15 is 0 Å². The lowest BCUT2D eigenvalue weighted by Crippen LogP contribution is -2.17. The summed E-state index contributed by atoms with van der Waals surface area (Å²) in [5.41, 5.74) is 8.65. The van der Waals surface area contributed by atoms with Crippen molar-refractivity contribution in [3.8, 4) is 5.75 Å². The lowest BCUT2D eigenvalue weighted by Gasteiger charge is -2.03. The van der Waals surface area contributed by atoms with Gasteiger partial charge in [0, 0.05) is 56.7 Å². The Morgan fingerprint density at radius 1 is 0.522 bits per heavy atom. The first kappa shape index (κ1) is 47.3. The standard InChI is InChI=1S/C14H9BrNO2.C14H11NO2.2C12H8O.2C3H8/c1-8(17)16-11-7-6-10(15)13-9-4-2-3-5-12(9)18-14(11)13;1-9(16)15-12-7-4-6-11-10-5-2-3-8-13(10)17-14(11)12;2*1-3-7-11-9(5-1)10-6-2-4-8-12(10)13-11;2*1-3-2/h2-7H,1H3;2-8H,1H3,(H,15,16);2*1-8H;2*3H2,1-2H3/q+1;;;;;. The number of nitrogens with zero attached hydrogens (tertiary/aromatic N) is 1. The van der Waals surface area contributed by atoms with Crippen LogP contribution >= 0.6 is 15.9 Å². The van der Waals surface area contributed by atoms with Crippen LogP contribution in [-0.2, 0) is 14.0 Å². The van der Waals surface area contributed by atoms with E-state index in [9.17, 15) is 9.59 Å². The molecule has 3 aromatic heterocycles. The Hall–Kier alpha value is -7.62. The second-order valence-electron chi connectivity index (χ2n) is 15.6. The number of carbonyl (C=O) groups excluding carboxylic acids is 3. The van der Waals surface area contributed by atoms with Crippen molar-refractivity contribution in [1.29, 1.82) is 0 Å².